The largest absolute Gasteiger partial charge is 0.464 e. The highest BCUT2D eigenvalue weighted by Crippen LogP contribution is 2.31. The van der Waals surface area contributed by atoms with Crippen molar-refractivity contribution in [3.63, 3.8) is 0 Å². The number of carbonyl (C=O) groups is 2. The Hall–Kier alpha value is -3.74. The Morgan fingerprint density at radius 2 is 1.97 bits per heavy atom. The van der Waals surface area contributed by atoms with Gasteiger partial charge in [-0.2, -0.15) is 13.2 Å². The van der Waals surface area contributed by atoms with Gasteiger partial charge in [-0.25, -0.2) is 24.5 Å². The summed E-state index contributed by atoms with van der Waals surface area (Å²) >= 11 is 1.34. The highest BCUT2D eigenvalue weighted by atomic mass is 32.1. The number of hydrogen-bond donors (Lipinski definition) is 3. The van der Waals surface area contributed by atoms with E-state index in [-0.39, 0.29) is 19.1 Å². The molecule has 0 bridgehead atoms. The third kappa shape index (κ3) is 7.37. The first-order valence-corrected chi connectivity index (χ1v) is 11.3. The fourth-order valence-electron chi connectivity index (χ4n) is 2.96. The summed E-state index contributed by atoms with van der Waals surface area (Å²) in [5.41, 5.74) is 1.11. The second-order valence-electron chi connectivity index (χ2n) is 7.39. The first-order valence-electron chi connectivity index (χ1n) is 10.5. The average molecular weight is 509 g/mol. The quantitative estimate of drug-likeness (QED) is 0.386. The summed E-state index contributed by atoms with van der Waals surface area (Å²) in [5, 5.41) is 8.55. The summed E-state index contributed by atoms with van der Waals surface area (Å²) in [5.74, 6) is -0.702. The monoisotopic (exact) mass is 508 g/mol. The lowest BCUT2D eigenvalue weighted by Gasteiger charge is -2.12. The summed E-state index contributed by atoms with van der Waals surface area (Å²) in [4.78, 5) is 36.1. The van der Waals surface area contributed by atoms with E-state index in [0.29, 0.717) is 10.7 Å². The number of halogens is 3. The number of nitrogens with zero attached hydrogens (tertiary/aromatic N) is 3. The number of carbonyl (C=O) groups excluding carboxylic acids is 2. The van der Waals surface area contributed by atoms with Crippen LogP contribution >= 0.6 is 11.3 Å². The molecule has 9 nitrogen and oxygen atoms in total. The Labute approximate surface area is 203 Å². The molecular formula is C22H23F3N6O3S. The van der Waals surface area contributed by atoms with E-state index >= 15 is 0 Å². The zero-order valence-electron chi connectivity index (χ0n) is 19.1. The molecule has 0 aliphatic heterocycles. The number of aryl methyl sites for hydroxylation is 1. The fourth-order valence-corrected chi connectivity index (χ4v) is 3.80. The topological polar surface area (TPSA) is 118 Å². The van der Waals surface area contributed by atoms with Crippen LogP contribution in [0.4, 0.5) is 29.6 Å². The van der Waals surface area contributed by atoms with E-state index in [1.165, 1.54) is 18.3 Å². The molecule has 0 radical (unpaired) electrons. The molecule has 186 valence electrons. The molecule has 3 N–H and O–H groups in total. The number of benzene rings is 1. The minimum absolute atomic E-state index is 0.140. The standard InChI is InChI=1S/C22H23F3N6O3S/c1-4-34-19(32)13(3)29-21(33)28-11-18-27-10-16(35-18)14-7-12(2)8-15(9-14)30-20-26-6-5-17(31-20)22(23,24)25/h5-10,13H,4,11H2,1-3H3,(H,26,30,31)(H2,28,29,33). The number of alkyl halides is 3. The van der Waals surface area contributed by atoms with E-state index in [1.807, 2.05) is 13.0 Å². The van der Waals surface area contributed by atoms with Gasteiger partial charge in [-0.1, -0.05) is 6.07 Å². The molecule has 2 amide bonds. The lowest BCUT2D eigenvalue weighted by molar-refractivity contribution is -0.145. The molecule has 0 spiro atoms. The lowest BCUT2D eigenvalue weighted by Crippen LogP contribution is -2.44. The van der Waals surface area contributed by atoms with E-state index in [9.17, 15) is 22.8 Å². The SMILES string of the molecule is CCOC(=O)C(C)NC(=O)NCc1ncc(-c2cc(C)cc(Nc3nccc(C(F)(F)F)n3)c2)s1. The summed E-state index contributed by atoms with van der Waals surface area (Å²) in [6.45, 7) is 5.41. The number of esters is 1. The third-order valence-electron chi connectivity index (χ3n) is 4.51. The van der Waals surface area contributed by atoms with Crippen molar-refractivity contribution in [2.75, 3.05) is 11.9 Å². The van der Waals surface area contributed by atoms with Crippen LogP contribution in [0.2, 0.25) is 0 Å². The van der Waals surface area contributed by atoms with Crippen molar-refractivity contribution in [1.82, 2.24) is 25.6 Å². The molecule has 0 saturated carbocycles. The second kappa shape index (κ2) is 11.1. The maximum Gasteiger partial charge on any atom is 0.433 e. The molecule has 1 unspecified atom stereocenters. The van der Waals surface area contributed by atoms with Crippen molar-refractivity contribution in [2.45, 2.75) is 39.5 Å². The fraction of sp³-hybridized carbons (Fsp3) is 0.318. The minimum atomic E-state index is -4.57. The zero-order valence-corrected chi connectivity index (χ0v) is 19.9. The minimum Gasteiger partial charge on any atom is -0.464 e. The van der Waals surface area contributed by atoms with Gasteiger partial charge in [0.25, 0.3) is 0 Å². The van der Waals surface area contributed by atoms with Crippen LogP contribution in [0.3, 0.4) is 0 Å². The first-order chi connectivity index (χ1) is 16.5. The predicted molar refractivity (Wildman–Crippen MR) is 124 cm³/mol. The Kier molecular flexibility index (Phi) is 8.22. The molecule has 13 heteroatoms. The van der Waals surface area contributed by atoms with Crippen molar-refractivity contribution in [2.24, 2.45) is 0 Å². The van der Waals surface area contributed by atoms with E-state index in [2.05, 4.69) is 30.9 Å². The molecule has 1 aromatic carbocycles. The first kappa shape index (κ1) is 25.9. The van der Waals surface area contributed by atoms with Crippen LogP contribution in [0.1, 0.15) is 30.1 Å². The van der Waals surface area contributed by atoms with Gasteiger partial charge in [0.05, 0.1) is 18.0 Å². The predicted octanol–water partition coefficient (Wildman–Crippen LogP) is 4.42. The van der Waals surface area contributed by atoms with Crippen LogP contribution in [0, 0.1) is 6.92 Å². The van der Waals surface area contributed by atoms with Gasteiger partial charge < -0.3 is 20.7 Å². The van der Waals surface area contributed by atoms with Crippen molar-refractivity contribution in [3.05, 3.63) is 52.9 Å². The van der Waals surface area contributed by atoms with E-state index in [4.69, 9.17) is 4.74 Å². The van der Waals surface area contributed by atoms with Crippen molar-refractivity contribution in [3.8, 4) is 10.4 Å². The number of urea groups is 1. The van der Waals surface area contributed by atoms with Gasteiger partial charge in [-0.3, -0.25) is 0 Å². The molecule has 0 aliphatic rings. The van der Waals surface area contributed by atoms with E-state index in [0.717, 1.165) is 28.3 Å². The molecule has 1 atom stereocenters. The number of nitrogens with one attached hydrogen (secondary N) is 3. The molecule has 2 aromatic heterocycles. The average Bonchev–Trinajstić information content (AvgIpc) is 3.26. The molecular weight excluding hydrogens is 485 g/mol. The van der Waals surface area contributed by atoms with Gasteiger partial charge in [-0.05, 0) is 50.1 Å². The van der Waals surface area contributed by atoms with Gasteiger partial charge in [0.2, 0.25) is 5.95 Å². The zero-order chi connectivity index (χ0) is 25.6. The normalized spacial score (nSPS) is 12.1. The number of hydrogen-bond acceptors (Lipinski definition) is 8. The van der Waals surface area contributed by atoms with Gasteiger partial charge in [0.1, 0.15) is 16.7 Å². The van der Waals surface area contributed by atoms with Crippen molar-refractivity contribution >= 4 is 35.0 Å². The molecule has 3 aromatic rings. The maximum atomic E-state index is 12.9. The molecule has 35 heavy (non-hydrogen) atoms. The van der Waals surface area contributed by atoms with Crippen molar-refractivity contribution < 1.29 is 27.5 Å². The number of aromatic nitrogens is 3. The van der Waals surface area contributed by atoms with Crippen LogP contribution in [-0.2, 0) is 22.3 Å². The van der Waals surface area contributed by atoms with Crippen molar-refractivity contribution in [1.29, 1.82) is 0 Å². The summed E-state index contributed by atoms with van der Waals surface area (Å²) in [6, 6.07) is 4.88. The van der Waals surface area contributed by atoms with E-state index in [1.54, 1.807) is 25.3 Å². The van der Waals surface area contributed by atoms with Gasteiger partial charge >= 0.3 is 18.2 Å². The highest BCUT2D eigenvalue weighted by molar-refractivity contribution is 7.15. The number of rotatable bonds is 8. The molecule has 2 heterocycles. The summed E-state index contributed by atoms with van der Waals surface area (Å²) < 4.78 is 43.6. The van der Waals surface area contributed by atoms with Gasteiger partial charge in [0.15, 0.2) is 0 Å². The van der Waals surface area contributed by atoms with Gasteiger partial charge in [0, 0.05) is 18.1 Å². The Morgan fingerprint density at radius 3 is 2.69 bits per heavy atom. The Bertz CT molecular complexity index is 1200. The van der Waals surface area contributed by atoms with Crippen LogP contribution in [0.15, 0.2) is 36.7 Å². The smallest absolute Gasteiger partial charge is 0.433 e. The van der Waals surface area contributed by atoms with Crippen LogP contribution in [0.5, 0.6) is 0 Å². The molecule has 0 saturated heterocycles. The Balaban J connectivity index is 1.66. The number of anilines is 2. The van der Waals surface area contributed by atoms with E-state index < -0.39 is 29.9 Å². The molecule has 3 rings (SSSR count). The number of ether oxygens (including phenoxy) is 1. The lowest BCUT2D eigenvalue weighted by atomic mass is 10.1. The number of thiazole rings is 1. The maximum absolute atomic E-state index is 12.9. The van der Waals surface area contributed by atoms with Crippen LogP contribution < -0.4 is 16.0 Å². The highest BCUT2D eigenvalue weighted by Gasteiger charge is 2.32. The van der Waals surface area contributed by atoms with Crippen LogP contribution in [0.25, 0.3) is 10.4 Å². The summed E-state index contributed by atoms with van der Waals surface area (Å²) in [6.07, 6.45) is -1.89. The molecule has 0 aliphatic carbocycles. The number of amides is 2. The molecule has 0 fully saturated rings. The third-order valence-corrected chi connectivity index (χ3v) is 5.55. The van der Waals surface area contributed by atoms with Crippen LogP contribution in [-0.4, -0.2) is 39.6 Å². The Morgan fingerprint density at radius 1 is 1.20 bits per heavy atom. The summed E-state index contributed by atoms with van der Waals surface area (Å²) in [7, 11) is 0. The second-order valence-corrected chi connectivity index (χ2v) is 8.51. The van der Waals surface area contributed by atoms with Gasteiger partial charge in [-0.15, -0.1) is 11.3 Å².